The van der Waals surface area contributed by atoms with E-state index in [1.54, 1.807) is 0 Å². The van der Waals surface area contributed by atoms with Crippen molar-refractivity contribution in [1.82, 2.24) is 4.98 Å². The van der Waals surface area contributed by atoms with Gasteiger partial charge in [-0.25, -0.2) is 4.98 Å². The zero-order valence-corrected chi connectivity index (χ0v) is 7.15. The largest absolute Gasteiger partial charge is 0.433 e. The summed E-state index contributed by atoms with van der Waals surface area (Å²) in [6, 6.07) is 1.17. The third-order valence-corrected chi connectivity index (χ3v) is 1.69. The molecule has 0 aliphatic rings. The number of nitrogens with zero attached hydrogens (tertiary/aromatic N) is 1. The molecule has 1 rings (SSSR count). The number of nitrogens with two attached hydrogens (primary N) is 1. The van der Waals surface area contributed by atoms with Crippen LogP contribution < -0.4 is 5.73 Å². The predicted octanol–water partition coefficient (Wildman–Crippen LogP) is 2.42. The molecule has 0 saturated carbocycles. The highest BCUT2D eigenvalue weighted by Crippen LogP contribution is 2.31. The van der Waals surface area contributed by atoms with Gasteiger partial charge in [0.2, 0.25) is 0 Å². The lowest BCUT2D eigenvalue weighted by Crippen LogP contribution is -2.11. The zero-order valence-electron chi connectivity index (χ0n) is 6.40. The molecule has 0 radical (unpaired) electrons. The Kier molecular flexibility index (Phi) is 2.66. The van der Waals surface area contributed by atoms with Crippen molar-refractivity contribution in [2.75, 3.05) is 5.73 Å². The monoisotopic (exact) mass is 210 g/mol. The van der Waals surface area contributed by atoms with Gasteiger partial charge in [0.1, 0.15) is 5.69 Å². The van der Waals surface area contributed by atoms with Gasteiger partial charge in [-0.1, -0.05) is 0 Å². The molecular weight excluding hydrogens is 205 g/mol. The van der Waals surface area contributed by atoms with Gasteiger partial charge in [0.15, 0.2) is 0 Å². The average molecular weight is 211 g/mol. The number of alkyl halides is 4. The molecule has 0 atom stereocenters. The van der Waals surface area contributed by atoms with E-state index < -0.39 is 11.9 Å². The molecule has 0 amide bonds. The molecule has 0 saturated heterocycles. The summed E-state index contributed by atoms with van der Waals surface area (Å²) < 4.78 is 36.6. The van der Waals surface area contributed by atoms with Crippen LogP contribution in [0.4, 0.5) is 18.9 Å². The Balaban J connectivity index is 3.22. The number of aromatic nitrogens is 1. The van der Waals surface area contributed by atoms with Gasteiger partial charge in [0, 0.05) is 5.88 Å². The molecule has 1 aromatic rings. The molecule has 2 nitrogen and oxygen atoms in total. The predicted molar refractivity (Wildman–Crippen MR) is 43.2 cm³/mol. The highest BCUT2D eigenvalue weighted by molar-refractivity contribution is 6.17. The third-order valence-electron chi connectivity index (χ3n) is 1.40. The van der Waals surface area contributed by atoms with E-state index in [2.05, 4.69) is 4.98 Å². The molecule has 1 aromatic heterocycles. The molecule has 0 spiro atoms. The van der Waals surface area contributed by atoms with E-state index in [1.165, 1.54) is 6.07 Å². The van der Waals surface area contributed by atoms with Gasteiger partial charge in [-0.3, -0.25) is 0 Å². The van der Waals surface area contributed by atoms with Crippen molar-refractivity contribution in [3.05, 3.63) is 23.5 Å². The maximum Gasteiger partial charge on any atom is 0.433 e. The fourth-order valence-electron chi connectivity index (χ4n) is 0.886. The summed E-state index contributed by atoms with van der Waals surface area (Å²) in [6.45, 7) is 0. The minimum atomic E-state index is -4.47. The number of hydrogen-bond acceptors (Lipinski definition) is 2. The summed E-state index contributed by atoms with van der Waals surface area (Å²) in [5, 5.41) is 0. The van der Waals surface area contributed by atoms with E-state index in [-0.39, 0.29) is 17.1 Å². The number of hydrogen-bond donors (Lipinski definition) is 1. The summed E-state index contributed by atoms with van der Waals surface area (Å²) in [5.74, 6) is -0.257. The lowest BCUT2D eigenvalue weighted by molar-refractivity contribution is -0.141. The second-order valence-electron chi connectivity index (χ2n) is 2.41. The molecular formula is C7H6ClF3N2. The van der Waals surface area contributed by atoms with E-state index in [4.69, 9.17) is 17.3 Å². The van der Waals surface area contributed by atoms with Gasteiger partial charge in [-0.2, -0.15) is 13.2 Å². The molecule has 0 unspecified atom stereocenters. The Morgan fingerprint density at radius 1 is 1.46 bits per heavy atom. The molecule has 0 bridgehead atoms. The van der Waals surface area contributed by atoms with Gasteiger partial charge in [-0.05, 0) is 11.6 Å². The maximum absolute atomic E-state index is 12.2. The molecule has 6 heteroatoms. The van der Waals surface area contributed by atoms with Crippen molar-refractivity contribution in [1.29, 1.82) is 0 Å². The first kappa shape index (κ1) is 10.1. The van der Waals surface area contributed by atoms with Crippen LogP contribution in [0, 0.1) is 0 Å². The topological polar surface area (TPSA) is 38.9 Å². The normalized spacial score (nSPS) is 11.7. The maximum atomic E-state index is 12.2. The van der Waals surface area contributed by atoms with Crippen LogP contribution in [-0.4, -0.2) is 4.98 Å². The highest BCUT2D eigenvalue weighted by atomic mass is 35.5. The summed E-state index contributed by atoms with van der Waals surface area (Å²) in [7, 11) is 0. The van der Waals surface area contributed by atoms with Crippen LogP contribution in [0.25, 0.3) is 0 Å². The Morgan fingerprint density at radius 2 is 2.08 bits per heavy atom. The van der Waals surface area contributed by atoms with E-state index in [1.807, 2.05) is 0 Å². The van der Waals surface area contributed by atoms with Gasteiger partial charge in [-0.15, -0.1) is 11.6 Å². The lowest BCUT2D eigenvalue weighted by atomic mass is 10.2. The first-order valence-electron chi connectivity index (χ1n) is 3.32. The molecule has 0 fully saturated rings. The standard InChI is InChI=1S/C7H6ClF3N2/c8-2-4-1-5(12)3-13-6(4)7(9,10)11/h1,3H,2,12H2. The van der Waals surface area contributed by atoms with E-state index in [0.29, 0.717) is 0 Å². The Labute approximate surface area is 77.5 Å². The fourth-order valence-corrected chi connectivity index (χ4v) is 1.09. The van der Waals surface area contributed by atoms with Crippen molar-refractivity contribution >= 4 is 17.3 Å². The Hall–Kier alpha value is -0.970. The summed E-state index contributed by atoms with van der Waals surface area (Å²) >= 11 is 5.31. The molecule has 0 aliphatic carbocycles. The van der Waals surface area contributed by atoms with Crippen molar-refractivity contribution in [2.24, 2.45) is 0 Å². The lowest BCUT2D eigenvalue weighted by Gasteiger charge is -2.09. The SMILES string of the molecule is Nc1cnc(C(F)(F)F)c(CCl)c1. The van der Waals surface area contributed by atoms with Crippen LogP contribution in [0.3, 0.4) is 0 Å². The number of rotatable bonds is 1. The smallest absolute Gasteiger partial charge is 0.397 e. The van der Waals surface area contributed by atoms with E-state index in [9.17, 15) is 13.2 Å². The van der Waals surface area contributed by atoms with Crippen LogP contribution in [-0.2, 0) is 12.1 Å². The highest BCUT2D eigenvalue weighted by Gasteiger charge is 2.34. The van der Waals surface area contributed by atoms with Gasteiger partial charge in [0.25, 0.3) is 0 Å². The molecule has 13 heavy (non-hydrogen) atoms. The second-order valence-corrected chi connectivity index (χ2v) is 2.68. The molecule has 0 aromatic carbocycles. The average Bonchev–Trinajstić information content (AvgIpc) is 2.01. The third kappa shape index (κ3) is 2.24. The van der Waals surface area contributed by atoms with Crippen LogP contribution >= 0.6 is 11.6 Å². The van der Waals surface area contributed by atoms with Crippen LogP contribution in [0.1, 0.15) is 11.3 Å². The molecule has 2 N–H and O–H groups in total. The van der Waals surface area contributed by atoms with Crippen LogP contribution in [0.2, 0.25) is 0 Å². The Bertz CT molecular complexity index is 311. The number of pyridine rings is 1. The minimum Gasteiger partial charge on any atom is -0.397 e. The first-order chi connectivity index (χ1) is 5.95. The first-order valence-corrected chi connectivity index (χ1v) is 3.86. The van der Waals surface area contributed by atoms with Crippen molar-refractivity contribution in [2.45, 2.75) is 12.1 Å². The molecule has 72 valence electrons. The van der Waals surface area contributed by atoms with Gasteiger partial charge < -0.3 is 5.73 Å². The van der Waals surface area contributed by atoms with Gasteiger partial charge in [0.05, 0.1) is 11.9 Å². The number of nitrogen functional groups attached to an aromatic ring is 1. The van der Waals surface area contributed by atoms with Gasteiger partial charge >= 0.3 is 6.18 Å². The summed E-state index contributed by atoms with van der Waals surface area (Å²) in [6.07, 6.45) is -3.52. The number of anilines is 1. The second kappa shape index (κ2) is 3.41. The summed E-state index contributed by atoms with van der Waals surface area (Å²) in [5.41, 5.74) is 4.35. The van der Waals surface area contributed by atoms with Crippen molar-refractivity contribution in [3.8, 4) is 0 Å². The number of halogens is 4. The van der Waals surface area contributed by atoms with Crippen molar-refractivity contribution in [3.63, 3.8) is 0 Å². The van der Waals surface area contributed by atoms with Crippen LogP contribution in [0.5, 0.6) is 0 Å². The van der Waals surface area contributed by atoms with Crippen LogP contribution in [0.15, 0.2) is 12.3 Å². The fraction of sp³-hybridized carbons (Fsp3) is 0.286. The molecule has 0 aliphatic heterocycles. The Morgan fingerprint density at radius 3 is 2.54 bits per heavy atom. The van der Waals surface area contributed by atoms with Crippen molar-refractivity contribution < 1.29 is 13.2 Å². The van der Waals surface area contributed by atoms with E-state index in [0.717, 1.165) is 6.20 Å². The zero-order chi connectivity index (χ0) is 10.1. The molecule has 1 heterocycles. The summed E-state index contributed by atoms with van der Waals surface area (Å²) in [4.78, 5) is 3.19. The quantitative estimate of drug-likeness (QED) is 0.723. The van der Waals surface area contributed by atoms with E-state index >= 15 is 0 Å². The minimum absolute atomic E-state index is 0.103.